The molecule has 164 valence electrons. The Bertz CT molecular complexity index is 1020. The van der Waals surface area contributed by atoms with Gasteiger partial charge in [-0.15, -0.1) is 0 Å². The maximum absolute atomic E-state index is 13.1. The third-order valence-electron chi connectivity index (χ3n) is 5.80. The van der Waals surface area contributed by atoms with E-state index < -0.39 is 17.7 Å². The molecule has 31 heavy (non-hydrogen) atoms. The zero-order valence-electron chi connectivity index (χ0n) is 19.3. The van der Waals surface area contributed by atoms with Crippen molar-refractivity contribution in [2.24, 2.45) is 0 Å². The lowest BCUT2D eigenvalue weighted by Gasteiger charge is -2.27. The summed E-state index contributed by atoms with van der Waals surface area (Å²) in [7, 11) is 3.85. The zero-order valence-corrected chi connectivity index (χ0v) is 19.3. The lowest BCUT2D eigenvalue weighted by atomic mass is 9.84. The van der Waals surface area contributed by atoms with Crippen LogP contribution < -0.4 is 0 Å². The predicted molar refractivity (Wildman–Crippen MR) is 124 cm³/mol. The number of carbonyl (C=O) groups excluding carboxylic acids is 2. The summed E-state index contributed by atoms with van der Waals surface area (Å²) in [5.41, 5.74) is 3.36. The maximum atomic E-state index is 13.1. The molecular weight excluding hydrogens is 388 g/mol. The summed E-state index contributed by atoms with van der Waals surface area (Å²) in [6, 6.07) is 14.8. The average molecular weight is 421 g/mol. The monoisotopic (exact) mass is 420 g/mol. The van der Waals surface area contributed by atoms with Crippen LogP contribution in [0.2, 0.25) is 0 Å². The van der Waals surface area contributed by atoms with Gasteiger partial charge in [0.15, 0.2) is 0 Å². The summed E-state index contributed by atoms with van der Waals surface area (Å²) in [4.78, 5) is 29.6. The van der Waals surface area contributed by atoms with Gasteiger partial charge in [-0.05, 0) is 49.2 Å². The molecular formula is C26H32N2O3. The topological polar surface area (TPSA) is 60.9 Å². The number of ketones is 1. The van der Waals surface area contributed by atoms with E-state index in [1.807, 2.05) is 74.4 Å². The Labute approximate surface area is 185 Å². The third-order valence-corrected chi connectivity index (χ3v) is 5.80. The number of Topliss-reactive ketones (excluding diaryl/α,β-unsaturated/α-hetero) is 1. The second kappa shape index (κ2) is 8.67. The van der Waals surface area contributed by atoms with Crippen LogP contribution in [0.15, 0.2) is 54.1 Å². The van der Waals surface area contributed by atoms with E-state index in [2.05, 4.69) is 20.8 Å². The summed E-state index contributed by atoms with van der Waals surface area (Å²) in [6.07, 6.45) is 0. The number of likely N-dealkylation sites (tertiary alicyclic amines) is 1. The fourth-order valence-electron chi connectivity index (χ4n) is 3.89. The second-order valence-electron chi connectivity index (χ2n) is 9.49. The molecule has 3 rings (SSSR count). The van der Waals surface area contributed by atoms with E-state index in [4.69, 9.17) is 0 Å². The van der Waals surface area contributed by atoms with Crippen LogP contribution in [0.25, 0.3) is 5.76 Å². The van der Waals surface area contributed by atoms with Gasteiger partial charge < -0.3 is 14.9 Å². The van der Waals surface area contributed by atoms with Gasteiger partial charge in [-0.25, -0.2) is 0 Å². The van der Waals surface area contributed by atoms with Crippen molar-refractivity contribution in [3.8, 4) is 0 Å². The van der Waals surface area contributed by atoms with Crippen molar-refractivity contribution in [2.75, 3.05) is 27.2 Å². The Balaban J connectivity index is 2.20. The molecule has 1 amide bonds. The fraction of sp³-hybridized carbons (Fsp3) is 0.385. The number of amides is 1. The number of rotatable bonds is 5. The standard InChI is InChI=1S/C26H32N2O3/c1-17-12-13-19(26(2,3)4)16-20(17)23(29)21-22(18-10-8-7-9-11-18)28(15-14-27(5)6)25(31)24(21)30/h7-13,16,22,29H,14-15H2,1-6H3/b23-21+. The number of nitrogens with zero attached hydrogens (tertiary/aromatic N) is 2. The molecule has 1 aliphatic rings. The molecule has 5 heteroatoms. The van der Waals surface area contributed by atoms with Crippen molar-refractivity contribution in [1.29, 1.82) is 0 Å². The summed E-state index contributed by atoms with van der Waals surface area (Å²) in [5.74, 6) is -1.31. The van der Waals surface area contributed by atoms with Gasteiger partial charge in [-0.3, -0.25) is 9.59 Å². The average Bonchev–Trinajstić information content (AvgIpc) is 2.96. The molecule has 1 fully saturated rings. The molecule has 0 aliphatic carbocycles. The van der Waals surface area contributed by atoms with E-state index in [9.17, 15) is 14.7 Å². The van der Waals surface area contributed by atoms with Crippen LogP contribution in [0.1, 0.15) is 49.1 Å². The van der Waals surface area contributed by atoms with Crippen LogP contribution in [-0.4, -0.2) is 53.8 Å². The number of aryl methyl sites for hydroxylation is 1. The number of likely N-dealkylation sites (N-methyl/N-ethyl adjacent to an activating group) is 1. The van der Waals surface area contributed by atoms with Crippen molar-refractivity contribution in [1.82, 2.24) is 9.80 Å². The second-order valence-corrected chi connectivity index (χ2v) is 9.49. The highest BCUT2D eigenvalue weighted by atomic mass is 16.3. The SMILES string of the molecule is Cc1ccc(C(C)(C)C)cc1/C(O)=C1\C(=O)C(=O)N(CCN(C)C)C1c1ccccc1. The minimum atomic E-state index is -0.634. The van der Waals surface area contributed by atoms with E-state index >= 15 is 0 Å². The number of carbonyl (C=O) groups is 2. The van der Waals surface area contributed by atoms with Crippen LogP contribution in [0.4, 0.5) is 0 Å². The number of hydrogen-bond donors (Lipinski definition) is 1. The van der Waals surface area contributed by atoms with E-state index in [1.165, 1.54) is 0 Å². The molecule has 0 spiro atoms. The Kier molecular flexibility index (Phi) is 6.37. The quantitative estimate of drug-likeness (QED) is 0.446. The first kappa shape index (κ1) is 22.8. The first-order chi connectivity index (χ1) is 14.5. The Morgan fingerprint density at radius 2 is 1.71 bits per heavy atom. The Hall–Kier alpha value is -2.92. The van der Waals surface area contributed by atoms with Crippen molar-refractivity contribution in [3.63, 3.8) is 0 Å². The van der Waals surface area contributed by atoms with Gasteiger partial charge in [0.2, 0.25) is 0 Å². The van der Waals surface area contributed by atoms with Gasteiger partial charge in [-0.1, -0.05) is 63.2 Å². The molecule has 0 bridgehead atoms. The lowest BCUT2D eigenvalue weighted by Crippen LogP contribution is -2.35. The van der Waals surface area contributed by atoms with Gasteiger partial charge in [0.1, 0.15) is 5.76 Å². The Morgan fingerprint density at radius 1 is 1.06 bits per heavy atom. The highest BCUT2D eigenvalue weighted by molar-refractivity contribution is 6.46. The smallest absolute Gasteiger partial charge is 0.295 e. The molecule has 0 saturated carbocycles. The minimum absolute atomic E-state index is 0.108. The lowest BCUT2D eigenvalue weighted by molar-refractivity contribution is -0.140. The van der Waals surface area contributed by atoms with Crippen molar-refractivity contribution in [3.05, 3.63) is 76.4 Å². The first-order valence-electron chi connectivity index (χ1n) is 10.6. The van der Waals surface area contributed by atoms with E-state index in [1.54, 1.807) is 4.90 Å². The van der Waals surface area contributed by atoms with E-state index in [0.717, 1.165) is 16.7 Å². The molecule has 2 aromatic carbocycles. The summed E-state index contributed by atoms with van der Waals surface area (Å²) >= 11 is 0. The minimum Gasteiger partial charge on any atom is -0.507 e. The van der Waals surface area contributed by atoms with Gasteiger partial charge in [0, 0.05) is 18.7 Å². The summed E-state index contributed by atoms with van der Waals surface area (Å²) < 4.78 is 0. The molecule has 1 N–H and O–H groups in total. The molecule has 1 aliphatic heterocycles. The number of aliphatic hydroxyl groups is 1. The van der Waals surface area contributed by atoms with Crippen LogP contribution in [-0.2, 0) is 15.0 Å². The van der Waals surface area contributed by atoms with E-state index in [0.29, 0.717) is 18.7 Å². The third kappa shape index (κ3) is 4.57. The van der Waals surface area contributed by atoms with E-state index in [-0.39, 0.29) is 16.7 Å². The zero-order chi connectivity index (χ0) is 22.9. The fourth-order valence-corrected chi connectivity index (χ4v) is 3.89. The van der Waals surface area contributed by atoms with Crippen LogP contribution in [0, 0.1) is 6.92 Å². The largest absolute Gasteiger partial charge is 0.507 e. The van der Waals surface area contributed by atoms with Gasteiger partial charge in [0.25, 0.3) is 11.7 Å². The number of hydrogen-bond acceptors (Lipinski definition) is 4. The van der Waals surface area contributed by atoms with Crippen molar-refractivity contribution in [2.45, 2.75) is 39.2 Å². The number of benzene rings is 2. The van der Waals surface area contributed by atoms with Gasteiger partial charge >= 0.3 is 0 Å². The predicted octanol–water partition coefficient (Wildman–Crippen LogP) is 4.28. The van der Waals surface area contributed by atoms with Gasteiger partial charge in [0.05, 0.1) is 11.6 Å². The van der Waals surface area contributed by atoms with Crippen molar-refractivity contribution < 1.29 is 14.7 Å². The van der Waals surface area contributed by atoms with Crippen molar-refractivity contribution >= 4 is 17.4 Å². The summed E-state index contributed by atoms with van der Waals surface area (Å²) in [6.45, 7) is 9.23. The maximum Gasteiger partial charge on any atom is 0.295 e. The molecule has 1 heterocycles. The molecule has 1 saturated heterocycles. The highest BCUT2D eigenvalue weighted by Crippen LogP contribution is 2.40. The number of aliphatic hydroxyl groups excluding tert-OH is 1. The van der Waals surface area contributed by atoms with Crippen LogP contribution in [0.3, 0.4) is 0 Å². The Morgan fingerprint density at radius 3 is 2.29 bits per heavy atom. The summed E-state index contributed by atoms with van der Waals surface area (Å²) in [5, 5.41) is 11.4. The van der Waals surface area contributed by atoms with Crippen LogP contribution in [0.5, 0.6) is 0 Å². The normalized spacial score (nSPS) is 18.8. The highest BCUT2D eigenvalue weighted by Gasteiger charge is 2.46. The molecule has 0 radical (unpaired) electrons. The molecule has 1 unspecified atom stereocenters. The molecule has 0 aromatic heterocycles. The van der Waals surface area contributed by atoms with Crippen LogP contribution >= 0.6 is 0 Å². The molecule has 2 aromatic rings. The van der Waals surface area contributed by atoms with Gasteiger partial charge in [-0.2, -0.15) is 0 Å². The molecule has 1 atom stereocenters. The first-order valence-corrected chi connectivity index (χ1v) is 10.6. The molecule has 5 nitrogen and oxygen atoms in total.